The summed E-state index contributed by atoms with van der Waals surface area (Å²) in [5, 5.41) is 3.66. The van der Waals surface area contributed by atoms with Gasteiger partial charge in [0.25, 0.3) is 0 Å². The average Bonchev–Trinajstić information content (AvgIpc) is 2.27. The van der Waals surface area contributed by atoms with Crippen molar-refractivity contribution in [2.45, 2.75) is 51.1 Å². The topological polar surface area (TPSA) is 12.0 Å². The van der Waals surface area contributed by atoms with Gasteiger partial charge >= 0.3 is 0 Å². The standard InChI is InChI=1S/C9H17N/c1-7-6-8-4-2-3-5-9(8)10-7/h7-10H,2-6H2,1H3/t7-,8?,9+/m1/s1. The van der Waals surface area contributed by atoms with Crippen molar-refractivity contribution in [3.05, 3.63) is 0 Å². The fraction of sp³-hybridized carbons (Fsp3) is 1.00. The van der Waals surface area contributed by atoms with Gasteiger partial charge in [0.15, 0.2) is 0 Å². The highest BCUT2D eigenvalue weighted by Crippen LogP contribution is 2.32. The van der Waals surface area contributed by atoms with E-state index in [0.29, 0.717) is 0 Å². The molecule has 1 N–H and O–H groups in total. The molecule has 1 saturated heterocycles. The Balaban J connectivity index is 1.97. The van der Waals surface area contributed by atoms with Crippen LogP contribution < -0.4 is 5.32 Å². The monoisotopic (exact) mass is 139 g/mol. The normalized spacial score (nSPS) is 47.1. The molecule has 0 aromatic heterocycles. The molecule has 3 atom stereocenters. The maximum atomic E-state index is 3.66. The van der Waals surface area contributed by atoms with Gasteiger partial charge in [-0.2, -0.15) is 0 Å². The Labute approximate surface area is 63.2 Å². The Kier molecular flexibility index (Phi) is 1.69. The van der Waals surface area contributed by atoms with Crippen molar-refractivity contribution in [3.8, 4) is 0 Å². The van der Waals surface area contributed by atoms with Gasteiger partial charge in [-0.1, -0.05) is 12.8 Å². The second-order valence-corrected chi connectivity index (χ2v) is 3.95. The maximum Gasteiger partial charge on any atom is 0.00983 e. The van der Waals surface area contributed by atoms with Gasteiger partial charge in [0.1, 0.15) is 0 Å². The molecule has 2 fully saturated rings. The molecular formula is C9H17N. The van der Waals surface area contributed by atoms with Crippen LogP contribution in [0, 0.1) is 5.92 Å². The Morgan fingerprint density at radius 2 is 2.00 bits per heavy atom. The Morgan fingerprint density at radius 3 is 2.80 bits per heavy atom. The van der Waals surface area contributed by atoms with E-state index in [2.05, 4.69) is 12.2 Å². The third-order valence-corrected chi connectivity index (χ3v) is 3.06. The highest BCUT2D eigenvalue weighted by Gasteiger charge is 2.32. The first-order valence-corrected chi connectivity index (χ1v) is 4.62. The van der Waals surface area contributed by atoms with Crippen LogP contribution in [0.5, 0.6) is 0 Å². The minimum Gasteiger partial charge on any atom is -0.311 e. The smallest absolute Gasteiger partial charge is 0.00983 e. The molecular weight excluding hydrogens is 122 g/mol. The molecule has 1 saturated carbocycles. The summed E-state index contributed by atoms with van der Waals surface area (Å²) >= 11 is 0. The summed E-state index contributed by atoms with van der Waals surface area (Å²) in [5.74, 6) is 1.03. The fourth-order valence-electron chi connectivity index (χ4n) is 2.60. The molecule has 0 radical (unpaired) electrons. The van der Waals surface area contributed by atoms with E-state index in [1.807, 2.05) is 0 Å². The van der Waals surface area contributed by atoms with E-state index in [-0.39, 0.29) is 0 Å². The molecule has 1 heterocycles. The third-order valence-electron chi connectivity index (χ3n) is 3.06. The number of fused-ring (bicyclic) bond motifs is 1. The van der Waals surface area contributed by atoms with Gasteiger partial charge in [-0.15, -0.1) is 0 Å². The predicted molar refractivity (Wildman–Crippen MR) is 43.0 cm³/mol. The quantitative estimate of drug-likeness (QED) is 0.540. The summed E-state index contributed by atoms with van der Waals surface area (Å²) in [6.07, 6.45) is 7.30. The van der Waals surface area contributed by atoms with Crippen molar-refractivity contribution in [2.24, 2.45) is 5.92 Å². The van der Waals surface area contributed by atoms with Gasteiger partial charge in [0, 0.05) is 12.1 Å². The number of hydrogen-bond donors (Lipinski definition) is 1. The molecule has 2 aliphatic rings. The van der Waals surface area contributed by atoms with Crippen LogP contribution in [0.1, 0.15) is 39.0 Å². The molecule has 1 heteroatoms. The summed E-state index contributed by atoms with van der Waals surface area (Å²) in [6.45, 7) is 2.32. The zero-order chi connectivity index (χ0) is 6.97. The van der Waals surface area contributed by atoms with Crippen LogP contribution in [-0.4, -0.2) is 12.1 Å². The van der Waals surface area contributed by atoms with Crippen molar-refractivity contribution < 1.29 is 0 Å². The van der Waals surface area contributed by atoms with E-state index in [9.17, 15) is 0 Å². The van der Waals surface area contributed by atoms with E-state index in [4.69, 9.17) is 0 Å². The second kappa shape index (κ2) is 2.54. The van der Waals surface area contributed by atoms with Crippen LogP contribution in [0.3, 0.4) is 0 Å². The molecule has 0 bridgehead atoms. The summed E-state index contributed by atoms with van der Waals surface area (Å²) in [6, 6.07) is 1.69. The highest BCUT2D eigenvalue weighted by molar-refractivity contribution is 4.90. The van der Waals surface area contributed by atoms with Crippen LogP contribution in [0.4, 0.5) is 0 Å². The predicted octanol–water partition coefficient (Wildman–Crippen LogP) is 1.93. The molecule has 1 aliphatic heterocycles. The summed E-state index contributed by atoms with van der Waals surface area (Å²) in [7, 11) is 0. The summed E-state index contributed by atoms with van der Waals surface area (Å²) in [5.41, 5.74) is 0. The minimum absolute atomic E-state index is 0.799. The first-order valence-electron chi connectivity index (χ1n) is 4.62. The third kappa shape index (κ3) is 1.07. The summed E-state index contributed by atoms with van der Waals surface area (Å²) < 4.78 is 0. The first kappa shape index (κ1) is 6.66. The van der Waals surface area contributed by atoms with Crippen molar-refractivity contribution in [2.75, 3.05) is 0 Å². The van der Waals surface area contributed by atoms with Crippen LogP contribution in [0.2, 0.25) is 0 Å². The molecule has 58 valence electrons. The number of rotatable bonds is 0. The van der Waals surface area contributed by atoms with Crippen molar-refractivity contribution in [1.82, 2.24) is 5.32 Å². The molecule has 0 spiro atoms. The zero-order valence-corrected chi connectivity index (χ0v) is 6.77. The lowest BCUT2D eigenvalue weighted by molar-refractivity contribution is 0.325. The van der Waals surface area contributed by atoms with E-state index < -0.39 is 0 Å². The van der Waals surface area contributed by atoms with Gasteiger partial charge in [0.05, 0.1) is 0 Å². The van der Waals surface area contributed by atoms with E-state index in [1.165, 1.54) is 32.1 Å². The maximum absolute atomic E-state index is 3.66. The van der Waals surface area contributed by atoms with Crippen molar-refractivity contribution in [3.63, 3.8) is 0 Å². The van der Waals surface area contributed by atoms with Crippen LogP contribution in [-0.2, 0) is 0 Å². The Hall–Kier alpha value is -0.0400. The van der Waals surface area contributed by atoms with Gasteiger partial charge in [0.2, 0.25) is 0 Å². The first-order chi connectivity index (χ1) is 4.86. The number of hydrogen-bond acceptors (Lipinski definition) is 1. The van der Waals surface area contributed by atoms with Gasteiger partial charge in [-0.25, -0.2) is 0 Å². The Bertz CT molecular complexity index is 108. The van der Waals surface area contributed by atoms with E-state index in [1.54, 1.807) is 0 Å². The van der Waals surface area contributed by atoms with E-state index in [0.717, 1.165) is 18.0 Å². The molecule has 10 heavy (non-hydrogen) atoms. The van der Waals surface area contributed by atoms with Gasteiger partial charge in [-0.3, -0.25) is 0 Å². The highest BCUT2D eigenvalue weighted by atomic mass is 15.0. The molecule has 2 rings (SSSR count). The van der Waals surface area contributed by atoms with Crippen LogP contribution >= 0.6 is 0 Å². The lowest BCUT2D eigenvalue weighted by Gasteiger charge is -2.24. The summed E-state index contributed by atoms with van der Waals surface area (Å²) in [4.78, 5) is 0. The van der Waals surface area contributed by atoms with Crippen molar-refractivity contribution in [1.29, 1.82) is 0 Å². The molecule has 0 aromatic rings. The minimum atomic E-state index is 0.799. The SMILES string of the molecule is C[C@@H]1CC2CCCC[C@@H]2N1. The lowest BCUT2D eigenvalue weighted by Crippen LogP contribution is -2.31. The largest absolute Gasteiger partial charge is 0.311 e. The Morgan fingerprint density at radius 1 is 1.20 bits per heavy atom. The molecule has 0 aromatic carbocycles. The second-order valence-electron chi connectivity index (χ2n) is 3.95. The van der Waals surface area contributed by atoms with Crippen LogP contribution in [0.15, 0.2) is 0 Å². The molecule has 1 unspecified atom stereocenters. The average molecular weight is 139 g/mol. The zero-order valence-electron chi connectivity index (χ0n) is 6.77. The molecule has 1 nitrogen and oxygen atoms in total. The van der Waals surface area contributed by atoms with E-state index >= 15 is 0 Å². The lowest BCUT2D eigenvalue weighted by atomic mass is 9.85. The fourth-order valence-corrected chi connectivity index (χ4v) is 2.60. The molecule has 1 aliphatic carbocycles. The van der Waals surface area contributed by atoms with Gasteiger partial charge < -0.3 is 5.32 Å². The van der Waals surface area contributed by atoms with Gasteiger partial charge in [-0.05, 0) is 32.1 Å². The van der Waals surface area contributed by atoms with Crippen molar-refractivity contribution >= 4 is 0 Å². The molecule has 0 amide bonds. The van der Waals surface area contributed by atoms with Crippen LogP contribution in [0.25, 0.3) is 0 Å². The number of nitrogens with one attached hydrogen (secondary N) is 1.